The van der Waals surface area contributed by atoms with Crippen LogP contribution in [0.15, 0.2) is 56.1 Å². The van der Waals surface area contributed by atoms with Gasteiger partial charge in [0.25, 0.3) is 0 Å². The Morgan fingerprint density at radius 3 is 2.49 bits per heavy atom. The van der Waals surface area contributed by atoms with Crippen molar-refractivity contribution in [3.63, 3.8) is 0 Å². The minimum Gasteiger partial charge on any atom is -0.480 e. The van der Waals surface area contributed by atoms with Gasteiger partial charge in [0.2, 0.25) is 11.8 Å². The first-order chi connectivity index (χ1) is 19.8. The van der Waals surface area contributed by atoms with Crippen LogP contribution in [0.4, 0.5) is 0 Å². The molecule has 2 amide bonds. The molecular weight excluding hydrogens is 524 g/mol. The Kier molecular flexibility index (Phi) is 8.52. The molecule has 9 nitrogen and oxygen atoms in total. The number of aliphatic carboxylic acids is 1. The third-order valence-corrected chi connectivity index (χ3v) is 7.78. The molecule has 1 aliphatic rings. The Morgan fingerprint density at radius 2 is 1.71 bits per heavy atom. The quantitative estimate of drug-likeness (QED) is 0.184. The van der Waals surface area contributed by atoms with Crippen LogP contribution in [0.2, 0.25) is 0 Å². The zero-order chi connectivity index (χ0) is 28.9. The summed E-state index contributed by atoms with van der Waals surface area (Å²) in [6, 6.07) is 11.9. The molecule has 4 aromatic rings. The van der Waals surface area contributed by atoms with Crippen LogP contribution in [0.25, 0.3) is 21.9 Å². The standard InChI is InChI=1S/C32H34N2O7/c1-19-21(32(39)41-27-18-28-24(17-23(19)27)22-10-5-6-11-26(22)40-28)13-14-29(35)33-15-7-12-30(36)34-25(31(37)38)16-20-8-3-2-4-9-20/h2-4,8-9,17-18,25H,5-7,10-16H2,1H3,(H,33,35)(H,34,36)(H,37,38)/t25-/m1/s1. The third kappa shape index (κ3) is 6.51. The summed E-state index contributed by atoms with van der Waals surface area (Å²) in [5, 5.41) is 16.7. The zero-order valence-corrected chi connectivity index (χ0v) is 23.1. The van der Waals surface area contributed by atoms with E-state index in [0.717, 1.165) is 58.9 Å². The van der Waals surface area contributed by atoms with Gasteiger partial charge in [-0.3, -0.25) is 9.59 Å². The number of hydrogen-bond donors (Lipinski definition) is 3. The fraction of sp³-hybridized carbons (Fsp3) is 0.375. The lowest BCUT2D eigenvalue weighted by atomic mass is 9.94. The molecular formula is C32H34N2O7. The summed E-state index contributed by atoms with van der Waals surface area (Å²) in [7, 11) is 0. The van der Waals surface area contributed by atoms with Gasteiger partial charge in [-0.2, -0.15) is 0 Å². The highest BCUT2D eigenvalue weighted by Crippen LogP contribution is 2.35. The molecule has 5 rings (SSSR count). The number of fused-ring (bicyclic) bond motifs is 4. The summed E-state index contributed by atoms with van der Waals surface area (Å²) < 4.78 is 11.7. The van der Waals surface area contributed by atoms with E-state index in [0.29, 0.717) is 17.6 Å². The number of carbonyl (C=O) groups is 3. The molecule has 0 saturated heterocycles. The Bertz CT molecular complexity index is 1650. The van der Waals surface area contributed by atoms with Gasteiger partial charge in [0.1, 0.15) is 23.0 Å². The summed E-state index contributed by atoms with van der Waals surface area (Å²) in [5.41, 5.74) is 4.09. The highest BCUT2D eigenvalue weighted by molar-refractivity contribution is 5.97. The fourth-order valence-electron chi connectivity index (χ4n) is 5.55. The van der Waals surface area contributed by atoms with Crippen LogP contribution < -0.4 is 16.3 Å². The Balaban J connectivity index is 1.13. The molecule has 41 heavy (non-hydrogen) atoms. The van der Waals surface area contributed by atoms with Gasteiger partial charge in [-0.15, -0.1) is 0 Å². The molecule has 1 aliphatic carbocycles. The van der Waals surface area contributed by atoms with E-state index in [-0.39, 0.29) is 44.0 Å². The topological polar surface area (TPSA) is 139 Å². The molecule has 0 radical (unpaired) electrons. The van der Waals surface area contributed by atoms with Crippen LogP contribution in [0.1, 0.15) is 60.1 Å². The normalized spacial score (nSPS) is 13.6. The molecule has 0 unspecified atom stereocenters. The maximum atomic E-state index is 12.8. The molecule has 0 spiro atoms. The molecule has 2 heterocycles. The van der Waals surface area contributed by atoms with E-state index in [1.807, 2.05) is 43.3 Å². The van der Waals surface area contributed by atoms with Crippen molar-refractivity contribution >= 4 is 39.7 Å². The third-order valence-electron chi connectivity index (χ3n) is 7.78. The highest BCUT2D eigenvalue weighted by Gasteiger charge is 2.22. The van der Waals surface area contributed by atoms with Crippen molar-refractivity contribution < 1.29 is 28.3 Å². The largest absolute Gasteiger partial charge is 0.480 e. The van der Waals surface area contributed by atoms with Crippen molar-refractivity contribution in [2.45, 2.75) is 70.8 Å². The minimum atomic E-state index is -1.10. The second-order valence-electron chi connectivity index (χ2n) is 10.7. The van der Waals surface area contributed by atoms with Crippen LogP contribution in [-0.2, 0) is 40.1 Å². The van der Waals surface area contributed by atoms with Crippen LogP contribution in [0.3, 0.4) is 0 Å². The average molecular weight is 559 g/mol. The van der Waals surface area contributed by atoms with Crippen LogP contribution in [0.5, 0.6) is 0 Å². The van der Waals surface area contributed by atoms with E-state index >= 15 is 0 Å². The molecule has 0 aliphatic heterocycles. The lowest BCUT2D eigenvalue weighted by molar-refractivity contribution is -0.141. The Morgan fingerprint density at radius 1 is 0.951 bits per heavy atom. The number of carboxylic acid groups (broad SMARTS) is 1. The second-order valence-corrected chi connectivity index (χ2v) is 10.7. The van der Waals surface area contributed by atoms with Gasteiger partial charge in [0.05, 0.1) is 0 Å². The van der Waals surface area contributed by atoms with Gasteiger partial charge in [0, 0.05) is 60.2 Å². The molecule has 2 aromatic carbocycles. The number of furan rings is 1. The lowest BCUT2D eigenvalue weighted by Gasteiger charge is -2.14. The van der Waals surface area contributed by atoms with Crippen LogP contribution >= 0.6 is 0 Å². The van der Waals surface area contributed by atoms with Gasteiger partial charge >= 0.3 is 11.6 Å². The van der Waals surface area contributed by atoms with E-state index in [1.54, 1.807) is 6.07 Å². The van der Waals surface area contributed by atoms with Crippen molar-refractivity contribution in [3.8, 4) is 0 Å². The van der Waals surface area contributed by atoms with Gasteiger partial charge in [-0.25, -0.2) is 9.59 Å². The highest BCUT2D eigenvalue weighted by atomic mass is 16.4. The Labute approximate surface area is 236 Å². The SMILES string of the molecule is Cc1c(CCC(=O)NCCCC(=O)N[C@H](Cc2ccccc2)C(=O)O)c(=O)oc2cc3oc4c(c3cc12)CCCC4. The van der Waals surface area contributed by atoms with Gasteiger partial charge in [0.15, 0.2) is 0 Å². The molecule has 2 aromatic heterocycles. The molecule has 214 valence electrons. The summed E-state index contributed by atoms with van der Waals surface area (Å²) in [6.07, 6.45) is 5.11. The lowest BCUT2D eigenvalue weighted by Crippen LogP contribution is -2.42. The second kappa shape index (κ2) is 12.4. The summed E-state index contributed by atoms with van der Waals surface area (Å²) in [4.78, 5) is 49.1. The van der Waals surface area contributed by atoms with Crippen molar-refractivity contribution in [2.24, 2.45) is 0 Å². The molecule has 9 heteroatoms. The monoisotopic (exact) mass is 558 g/mol. The number of rotatable bonds is 11. The first-order valence-corrected chi connectivity index (χ1v) is 14.1. The predicted octanol–water partition coefficient (Wildman–Crippen LogP) is 4.37. The van der Waals surface area contributed by atoms with Gasteiger partial charge in [-0.05, 0) is 56.2 Å². The fourth-order valence-corrected chi connectivity index (χ4v) is 5.55. The number of carboxylic acids is 1. The Hall–Kier alpha value is -4.40. The van der Waals surface area contributed by atoms with E-state index in [2.05, 4.69) is 10.6 Å². The number of benzene rings is 2. The van der Waals surface area contributed by atoms with Crippen molar-refractivity contribution in [3.05, 3.63) is 80.9 Å². The number of aryl methyl sites for hydroxylation is 3. The van der Waals surface area contributed by atoms with Gasteiger partial charge in [-0.1, -0.05) is 30.3 Å². The van der Waals surface area contributed by atoms with Crippen molar-refractivity contribution in [1.29, 1.82) is 0 Å². The maximum absolute atomic E-state index is 12.8. The van der Waals surface area contributed by atoms with Crippen molar-refractivity contribution in [2.75, 3.05) is 6.54 Å². The number of nitrogens with one attached hydrogen (secondary N) is 2. The number of hydrogen-bond acceptors (Lipinski definition) is 6. The maximum Gasteiger partial charge on any atom is 0.339 e. The molecule has 0 bridgehead atoms. The van der Waals surface area contributed by atoms with Gasteiger partial charge < -0.3 is 24.6 Å². The molecule has 1 atom stereocenters. The van der Waals surface area contributed by atoms with E-state index in [1.165, 1.54) is 5.56 Å². The molecule has 0 fully saturated rings. The summed E-state index contributed by atoms with van der Waals surface area (Å²) in [6.45, 7) is 2.14. The average Bonchev–Trinajstić information content (AvgIpc) is 3.32. The first kappa shape index (κ1) is 28.1. The smallest absolute Gasteiger partial charge is 0.339 e. The number of carbonyl (C=O) groups excluding carboxylic acids is 2. The van der Waals surface area contributed by atoms with Crippen LogP contribution in [0, 0.1) is 6.92 Å². The molecule has 0 saturated carbocycles. The van der Waals surface area contributed by atoms with Crippen molar-refractivity contribution in [1.82, 2.24) is 10.6 Å². The van der Waals surface area contributed by atoms with E-state index in [4.69, 9.17) is 8.83 Å². The van der Waals surface area contributed by atoms with Crippen LogP contribution in [-0.4, -0.2) is 35.5 Å². The van der Waals surface area contributed by atoms with E-state index in [9.17, 15) is 24.3 Å². The zero-order valence-electron chi connectivity index (χ0n) is 23.1. The van der Waals surface area contributed by atoms with E-state index < -0.39 is 17.6 Å². The number of amides is 2. The predicted molar refractivity (Wildman–Crippen MR) is 154 cm³/mol. The molecule has 3 N–H and O–H groups in total. The minimum absolute atomic E-state index is 0.0818. The summed E-state index contributed by atoms with van der Waals surface area (Å²) >= 11 is 0. The summed E-state index contributed by atoms with van der Waals surface area (Å²) in [5.74, 6) is -0.710. The first-order valence-electron chi connectivity index (χ1n) is 14.1.